The van der Waals surface area contributed by atoms with Crippen LogP contribution in [0.5, 0.6) is 0 Å². The van der Waals surface area contributed by atoms with E-state index in [-0.39, 0.29) is 11.2 Å². The monoisotopic (exact) mass is 315 g/mol. The summed E-state index contributed by atoms with van der Waals surface area (Å²) in [6.07, 6.45) is 4.62. The SMILES string of the molecule is CCCC(=O)C1(CC(C)=O)CCN(CCc2ccccc2)CC1. The molecule has 0 spiro atoms. The first-order valence-corrected chi connectivity index (χ1v) is 8.85. The Morgan fingerprint density at radius 1 is 1.13 bits per heavy atom. The highest BCUT2D eigenvalue weighted by atomic mass is 16.1. The normalized spacial score (nSPS) is 17.8. The summed E-state index contributed by atoms with van der Waals surface area (Å²) in [6, 6.07) is 10.5. The van der Waals surface area contributed by atoms with E-state index >= 15 is 0 Å². The standard InChI is InChI=1S/C20H29NO2/c1-3-7-19(23)20(16-17(2)22)11-14-21(15-12-20)13-10-18-8-5-4-6-9-18/h4-6,8-9H,3,7,10-16H2,1-2H3. The molecule has 126 valence electrons. The van der Waals surface area contributed by atoms with Crippen molar-refractivity contribution in [2.24, 2.45) is 5.41 Å². The summed E-state index contributed by atoms with van der Waals surface area (Å²) >= 11 is 0. The van der Waals surface area contributed by atoms with E-state index < -0.39 is 0 Å². The number of piperidine rings is 1. The lowest BCUT2D eigenvalue weighted by Gasteiger charge is -2.40. The van der Waals surface area contributed by atoms with Crippen molar-refractivity contribution in [2.45, 2.75) is 52.4 Å². The lowest BCUT2D eigenvalue weighted by atomic mass is 9.70. The zero-order chi connectivity index (χ0) is 16.7. The molecule has 3 nitrogen and oxygen atoms in total. The van der Waals surface area contributed by atoms with E-state index in [9.17, 15) is 9.59 Å². The number of benzene rings is 1. The van der Waals surface area contributed by atoms with Gasteiger partial charge < -0.3 is 4.90 Å². The molecule has 0 N–H and O–H groups in total. The topological polar surface area (TPSA) is 37.4 Å². The van der Waals surface area contributed by atoms with E-state index in [1.165, 1.54) is 5.56 Å². The Kier molecular flexibility index (Phi) is 6.52. The number of likely N-dealkylation sites (tertiary alicyclic amines) is 1. The van der Waals surface area contributed by atoms with Crippen LogP contribution in [0.25, 0.3) is 0 Å². The third kappa shape index (κ3) is 5.00. The van der Waals surface area contributed by atoms with Gasteiger partial charge in [0.2, 0.25) is 0 Å². The van der Waals surface area contributed by atoms with Gasteiger partial charge in [-0.1, -0.05) is 37.3 Å². The first-order chi connectivity index (χ1) is 11.1. The van der Waals surface area contributed by atoms with Crippen LogP contribution in [-0.4, -0.2) is 36.1 Å². The average molecular weight is 315 g/mol. The van der Waals surface area contributed by atoms with E-state index in [4.69, 9.17) is 0 Å². The predicted octanol–water partition coefficient (Wildman–Crippen LogP) is 3.66. The Bertz CT molecular complexity index is 516. The first-order valence-electron chi connectivity index (χ1n) is 8.85. The smallest absolute Gasteiger partial charge is 0.139 e. The summed E-state index contributed by atoms with van der Waals surface area (Å²) in [6.45, 7) is 6.53. The van der Waals surface area contributed by atoms with Crippen LogP contribution < -0.4 is 0 Å². The lowest BCUT2D eigenvalue weighted by Crippen LogP contribution is -2.45. The van der Waals surface area contributed by atoms with Gasteiger partial charge in [-0.15, -0.1) is 0 Å². The predicted molar refractivity (Wildman–Crippen MR) is 93.5 cm³/mol. The van der Waals surface area contributed by atoms with E-state index in [1.807, 2.05) is 13.0 Å². The first kappa shape index (κ1) is 17.9. The zero-order valence-electron chi connectivity index (χ0n) is 14.5. The molecule has 2 rings (SSSR count). The summed E-state index contributed by atoms with van der Waals surface area (Å²) in [5, 5.41) is 0. The van der Waals surface area contributed by atoms with Gasteiger partial charge in [0.25, 0.3) is 0 Å². The number of hydrogen-bond acceptors (Lipinski definition) is 3. The Hall–Kier alpha value is -1.48. The summed E-state index contributed by atoms with van der Waals surface area (Å²) in [7, 11) is 0. The fourth-order valence-electron chi connectivity index (χ4n) is 3.66. The van der Waals surface area contributed by atoms with Crippen LogP contribution in [0.2, 0.25) is 0 Å². The van der Waals surface area contributed by atoms with E-state index in [0.29, 0.717) is 18.6 Å². The second-order valence-corrected chi connectivity index (χ2v) is 6.91. The van der Waals surface area contributed by atoms with E-state index in [0.717, 1.165) is 45.3 Å². The molecule has 0 atom stereocenters. The maximum atomic E-state index is 12.6. The molecule has 1 saturated heterocycles. The Morgan fingerprint density at radius 2 is 1.78 bits per heavy atom. The zero-order valence-corrected chi connectivity index (χ0v) is 14.5. The van der Waals surface area contributed by atoms with Crippen molar-refractivity contribution in [2.75, 3.05) is 19.6 Å². The maximum absolute atomic E-state index is 12.6. The second kappa shape index (κ2) is 8.39. The van der Waals surface area contributed by atoms with Gasteiger partial charge in [-0.05, 0) is 51.3 Å². The van der Waals surface area contributed by atoms with Crippen LogP contribution in [0, 0.1) is 5.41 Å². The minimum absolute atomic E-state index is 0.146. The Morgan fingerprint density at radius 3 is 2.35 bits per heavy atom. The molecule has 1 aliphatic heterocycles. The van der Waals surface area contributed by atoms with Crippen LogP contribution in [0.4, 0.5) is 0 Å². The van der Waals surface area contributed by atoms with Crippen molar-refractivity contribution in [3.8, 4) is 0 Å². The van der Waals surface area contributed by atoms with Gasteiger partial charge in [-0.3, -0.25) is 9.59 Å². The molecule has 0 saturated carbocycles. The highest BCUT2D eigenvalue weighted by Gasteiger charge is 2.40. The fourth-order valence-corrected chi connectivity index (χ4v) is 3.66. The van der Waals surface area contributed by atoms with Gasteiger partial charge in [-0.25, -0.2) is 0 Å². The number of carbonyl (C=O) groups is 2. The van der Waals surface area contributed by atoms with Crippen molar-refractivity contribution < 1.29 is 9.59 Å². The van der Waals surface area contributed by atoms with Crippen LogP contribution in [0.15, 0.2) is 30.3 Å². The van der Waals surface area contributed by atoms with Crippen molar-refractivity contribution >= 4 is 11.6 Å². The Labute approximate surface area is 140 Å². The molecule has 1 aliphatic rings. The van der Waals surface area contributed by atoms with Crippen LogP contribution >= 0.6 is 0 Å². The molecular formula is C20H29NO2. The molecule has 0 aromatic heterocycles. The molecular weight excluding hydrogens is 286 g/mol. The highest BCUT2D eigenvalue weighted by molar-refractivity contribution is 5.90. The van der Waals surface area contributed by atoms with Gasteiger partial charge in [0.1, 0.15) is 11.6 Å². The molecule has 1 aromatic carbocycles. The van der Waals surface area contributed by atoms with Gasteiger partial charge in [-0.2, -0.15) is 0 Å². The summed E-state index contributed by atoms with van der Waals surface area (Å²) in [5.74, 6) is 0.449. The lowest BCUT2D eigenvalue weighted by molar-refractivity contribution is -0.136. The highest BCUT2D eigenvalue weighted by Crippen LogP contribution is 2.37. The third-order valence-corrected chi connectivity index (χ3v) is 5.03. The quantitative estimate of drug-likeness (QED) is 0.734. The van der Waals surface area contributed by atoms with Crippen LogP contribution in [-0.2, 0) is 16.0 Å². The summed E-state index contributed by atoms with van der Waals surface area (Å²) in [5.41, 5.74) is 0.973. The van der Waals surface area contributed by atoms with Crippen molar-refractivity contribution in [1.82, 2.24) is 4.90 Å². The molecule has 0 bridgehead atoms. The van der Waals surface area contributed by atoms with Gasteiger partial charge in [0.05, 0.1) is 0 Å². The van der Waals surface area contributed by atoms with Crippen LogP contribution in [0.1, 0.15) is 51.5 Å². The van der Waals surface area contributed by atoms with Crippen LogP contribution in [0.3, 0.4) is 0 Å². The largest absolute Gasteiger partial charge is 0.303 e. The third-order valence-electron chi connectivity index (χ3n) is 5.03. The molecule has 23 heavy (non-hydrogen) atoms. The molecule has 1 aromatic rings. The minimum atomic E-state index is -0.384. The van der Waals surface area contributed by atoms with Crippen molar-refractivity contribution in [1.29, 1.82) is 0 Å². The van der Waals surface area contributed by atoms with Gasteiger partial charge >= 0.3 is 0 Å². The summed E-state index contributed by atoms with van der Waals surface area (Å²) in [4.78, 5) is 26.7. The maximum Gasteiger partial charge on any atom is 0.139 e. The molecule has 3 heteroatoms. The minimum Gasteiger partial charge on any atom is -0.303 e. The average Bonchev–Trinajstić information content (AvgIpc) is 2.55. The van der Waals surface area contributed by atoms with Crippen molar-refractivity contribution in [3.63, 3.8) is 0 Å². The molecule has 1 fully saturated rings. The number of hydrogen-bond donors (Lipinski definition) is 0. The molecule has 0 radical (unpaired) electrons. The van der Waals surface area contributed by atoms with Crippen molar-refractivity contribution in [3.05, 3.63) is 35.9 Å². The van der Waals surface area contributed by atoms with E-state index in [1.54, 1.807) is 6.92 Å². The Balaban J connectivity index is 1.90. The second-order valence-electron chi connectivity index (χ2n) is 6.91. The number of Topliss-reactive ketones (excluding diaryl/α,β-unsaturated/α-hetero) is 2. The number of ketones is 2. The number of carbonyl (C=O) groups excluding carboxylic acids is 2. The number of nitrogens with zero attached hydrogens (tertiary/aromatic N) is 1. The molecule has 0 unspecified atom stereocenters. The van der Waals surface area contributed by atoms with Gasteiger partial charge in [0, 0.05) is 24.8 Å². The summed E-state index contributed by atoms with van der Waals surface area (Å²) < 4.78 is 0. The van der Waals surface area contributed by atoms with Gasteiger partial charge in [0.15, 0.2) is 0 Å². The molecule has 1 heterocycles. The molecule has 0 amide bonds. The molecule has 0 aliphatic carbocycles. The number of rotatable bonds is 8. The fraction of sp³-hybridized carbons (Fsp3) is 0.600. The van der Waals surface area contributed by atoms with E-state index in [2.05, 4.69) is 29.2 Å².